The largest absolute Gasteiger partial charge is 0.481 e. The van der Waals surface area contributed by atoms with Gasteiger partial charge in [0.1, 0.15) is 5.01 Å². The third-order valence-corrected chi connectivity index (χ3v) is 5.29. The van der Waals surface area contributed by atoms with Gasteiger partial charge in [0.2, 0.25) is 11.0 Å². The number of carbonyl (C=O) groups is 1. The molecule has 4 aromatic rings. The van der Waals surface area contributed by atoms with Crippen molar-refractivity contribution in [1.29, 1.82) is 0 Å². The molecule has 0 bridgehead atoms. The molecule has 0 aliphatic carbocycles. The predicted octanol–water partition coefficient (Wildman–Crippen LogP) is 4.37. The lowest BCUT2D eigenvalue weighted by atomic mass is 9.92. The third kappa shape index (κ3) is 4.30. The molecule has 1 N–H and O–H groups in total. The van der Waals surface area contributed by atoms with Gasteiger partial charge in [-0.25, -0.2) is 4.98 Å². The van der Waals surface area contributed by atoms with Gasteiger partial charge < -0.3 is 4.74 Å². The Balaban J connectivity index is 1.59. The predicted molar refractivity (Wildman–Crippen MR) is 112 cm³/mol. The van der Waals surface area contributed by atoms with Gasteiger partial charge in [0.25, 0.3) is 5.91 Å². The van der Waals surface area contributed by atoms with E-state index in [2.05, 4.69) is 44.8 Å². The minimum absolute atomic E-state index is 0.0526. The maximum absolute atomic E-state index is 12.5. The molecule has 144 valence electrons. The summed E-state index contributed by atoms with van der Waals surface area (Å²) in [7, 11) is 1.53. The molecule has 0 fully saturated rings. The summed E-state index contributed by atoms with van der Waals surface area (Å²) >= 11 is 1.36. The zero-order valence-electron chi connectivity index (χ0n) is 15.6. The second kappa shape index (κ2) is 8.62. The molecule has 0 spiro atoms. The lowest BCUT2D eigenvalue weighted by molar-refractivity contribution is 0.102. The smallest absolute Gasteiger partial charge is 0.259 e. The number of pyridine rings is 1. The SMILES string of the molecule is COc1ccc(C(=O)Nc2nnc(C(c3ccccc3)c3ccccc3)s2)cn1. The number of rotatable bonds is 6. The van der Waals surface area contributed by atoms with Crippen LogP contribution in [0.3, 0.4) is 0 Å². The van der Waals surface area contributed by atoms with Crippen LogP contribution in [0.2, 0.25) is 0 Å². The summed E-state index contributed by atoms with van der Waals surface area (Å²) in [6.45, 7) is 0. The van der Waals surface area contributed by atoms with Crippen molar-refractivity contribution in [3.05, 3.63) is 101 Å². The van der Waals surface area contributed by atoms with E-state index in [1.807, 2.05) is 36.4 Å². The van der Waals surface area contributed by atoms with Crippen molar-refractivity contribution < 1.29 is 9.53 Å². The van der Waals surface area contributed by atoms with Crippen LogP contribution >= 0.6 is 11.3 Å². The number of nitrogens with zero attached hydrogens (tertiary/aromatic N) is 3. The van der Waals surface area contributed by atoms with E-state index >= 15 is 0 Å². The number of hydrogen-bond acceptors (Lipinski definition) is 6. The minimum Gasteiger partial charge on any atom is -0.481 e. The Morgan fingerprint density at radius 1 is 0.931 bits per heavy atom. The van der Waals surface area contributed by atoms with Gasteiger partial charge in [-0.2, -0.15) is 0 Å². The molecule has 6 nitrogen and oxygen atoms in total. The van der Waals surface area contributed by atoms with Gasteiger partial charge in [-0.15, -0.1) is 10.2 Å². The maximum Gasteiger partial charge on any atom is 0.259 e. The summed E-state index contributed by atoms with van der Waals surface area (Å²) in [5, 5.41) is 12.6. The maximum atomic E-state index is 12.5. The Morgan fingerprint density at radius 2 is 1.59 bits per heavy atom. The van der Waals surface area contributed by atoms with Gasteiger partial charge in [-0.1, -0.05) is 72.0 Å². The Labute approximate surface area is 172 Å². The van der Waals surface area contributed by atoms with E-state index in [0.717, 1.165) is 16.1 Å². The van der Waals surface area contributed by atoms with Crippen molar-refractivity contribution in [2.75, 3.05) is 12.4 Å². The van der Waals surface area contributed by atoms with Crippen LogP contribution in [-0.2, 0) is 0 Å². The molecule has 0 saturated heterocycles. The zero-order chi connectivity index (χ0) is 20.1. The van der Waals surface area contributed by atoms with E-state index in [0.29, 0.717) is 16.6 Å². The lowest BCUT2D eigenvalue weighted by Crippen LogP contribution is -2.12. The molecule has 0 radical (unpaired) electrons. The van der Waals surface area contributed by atoms with Crippen molar-refractivity contribution >= 4 is 22.4 Å². The fourth-order valence-corrected chi connectivity index (χ4v) is 3.87. The number of benzene rings is 2. The van der Waals surface area contributed by atoms with Crippen molar-refractivity contribution in [2.24, 2.45) is 0 Å². The molecule has 0 aliphatic heterocycles. The first-order valence-electron chi connectivity index (χ1n) is 8.99. The first kappa shape index (κ1) is 18.8. The van der Waals surface area contributed by atoms with E-state index in [9.17, 15) is 4.79 Å². The van der Waals surface area contributed by atoms with Crippen LogP contribution in [0.15, 0.2) is 79.0 Å². The highest BCUT2D eigenvalue weighted by molar-refractivity contribution is 7.15. The van der Waals surface area contributed by atoms with Gasteiger partial charge in [-0.05, 0) is 17.2 Å². The molecule has 0 unspecified atom stereocenters. The van der Waals surface area contributed by atoms with Crippen LogP contribution in [0, 0.1) is 0 Å². The third-order valence-electron chi connectivity index (χ3n) is 4.38. The Morgan fingerprint density at radius 3 is 2.14 bits per heavy atom. The molecular weight excluding hydrogens is 384 g/mol. The molecule has 29 heavy (non-hydrogen) atoms. The van der Waals surface area contributed by atoms with Gasteiger partial charge in [0.15, 0.2) is 0 Å². The average molecular weight is 402 g/mol. The van der Waals surface area contributed by atoms with Gasteiger partial charge >= 0.3 is 0 Å². The van der Waals surface area contributed by atoms with Crippen molar-refractivity contribution in [3.8, 4) is 5.88 Å². The van der Waals surface area contributed by atoms with E-state index in [4.69, 9.17) is 4.74 Å². The van der Waals surface area contributed by atoms with Crippen molar-refractivity contribution in [1.82, 2.24) is 15.2 Å². The number of carbonyl (C=O) groups excluding carboxylic acids is 1. The second-order valence-corrected chi connectivity index (χ2v) is 7.25. The molecule has 1 amide bonds. The number of hydrogen-bond donors (Lipinski definition) is 1. The Bertz CT molecular complexity index is 1040. The highest BCUT2D eigenvalue weighted by atomic mass is 32.1. The molecule has 2 heterocycles. The molecule has 2 aromatic heterocycles. The fourth-order valence-electron chi connectivity index (χ4n) is 2.97. The minimum atomic E-state index is -0.293. The Kier molecular flexibility index (Phi) is 5.58. The van der Waals surface area contributed by atoms with Crippen LogP contribution < -0.4 is 10.1 Å². The van der Waals surface area contributed by atoms with Crippen LogP contribution in [0.5, 0.6) is 5.88 Å². The standard InChI is InChI=1S/C22H18N4O2S/c1-28-18-13-12-17(14-23-18)20(27)24-22-26-25-21(29-22)19(15-8-4-2-5-9-15)16-10-6-3-7-11-16/h2-14,19H,1H3,(H,24,26,27). The highest BCUT2D eigenvalue weighted by Crippen LogP contribution is 2.34. The molecule has 2 aromatic carbocycles. The molecule has 7 heteroatoms. The molecule has 4 rings (SSSR count). The summed E-state index contributed by atoms with van der Waals surface area (Å²) in [5.41, 5.74) is 2.66. The summed E-state index contributed by atoms with van der Waals surface area (Å²) in [6.07, 6.45) is 1.47. The topological polar surface area (TPSA) is 77.0 Å². The lowest BCUT2D eigenvalue weighted by Gasteiger charge is -2.14. The summed E-state index contributed by atoms with van der Waals surface area (Å²) in [4.78, 5) is 16.5. The van der Waals surface area contributed by atoms with Gasteiger partial charge in [0.05, 0.1) is 18.6 Å². The molecule has 0 saturated carbocycles. The number of anilines is 1. The quantitative estimate of drug-likeness (QED) is 0.518. The summed E-state index contributed by atoms with van der Waals surface area (Å²) in [5.74, 6) is 0.107. The zero-order valence-corrected chi connectivity index (χ0v) is 16.5. The number of ether oxygens (including phenoxy) is 1. The fraction of sp³-hybridized carbons (Fsp3) is 0.0909. The van der Waals surface area contributed by atoms with E-state index in [-0.39, 0.29) is 11.8 Å². The molecular formula is C22H18N4O2S. The van der Waals surface area contributed by atoms with E-state index in [1.54, 1.807) is 12.1 Å². The van der Waals surface area contributed by atoms with Crippen LogP contribution in [0.4, 0.5) is 5.13 Å². The van der Waals surface area contributed by atoms with Crippen LogP contribution in [0.25, 0.3) is 0 Å². The average Bonchev–Trinajstić information content (AvgIpc) is 3.23. The monoisotopic (exact) mass is 402 g/mol. The van der Waals surface area contributed by atoms with Crippen molar-refractivity contribution in [2.45, 2.75) is 5.92 Å². The second-order valence-electron chi connectivity index (χ2n) is 6.24. The molecule has 0 aliphatic rings. The summed E-state index contributed by atoms with van der Waals surface area (Å²) < 4.78 is 5.02. The number of methoxy groups -OCH3 is 1. The normalized spacial score (nSPS) is 10.7. The van der Waals surface area contributed by atoms with Gasteiger partial charge in [-0.3, -0.25) is 10.1 Å². The molecule has 0 atom stereocenters. The first-order chi connectivity index (χ1) is 14.2. The van der Waals surface area contributed by atoms with Gasteiger partial charge in [0, 0.05) is 12.3 Å². The first-order valence-corrected chi connectivity index (χ1v) is 9.81. The van der Waals surface area contributed by atoms with Crippen LogP contribution in [0.1, 0.15) is 32.4 Å². The van der Waals surface area contributed by atoms with E-state index in [1.165, 1.54) is 24.6 Å². The van der Waals surface area contributed by atoms with Crippen molar-refractivity contribution in [3.63, 3.8) is 0 Å². The highest BCUT2D eigenvalue weighted by Gasteiger charge is 2.21. The summed E-state index contributed by atoms with van der Waals surface area (Å²) in [6, 6.07) is 23.6. The Hall–Kier alpha value is -3.58. The van der Waals surface area contributed by atoms with E-state index < -0.39 is 0 Å². The van der Waals surface area contributed by atoms with Crippen LogP contribution in [-0.4, -0.2) is 28.2 Å². The number of nitrogens with one attached hydrogen (secondary N) is 1. The number of amides is 1. The number of aromatic nitrogens is 3.